The molecule has 1 unspecified atom stereocenters. The fourth-order valence-corrected chi connectivity index (χ4v) is 1.37. The molecule has 1 aromatic rings. The Balaban J connectivity index is 3.42. The number of aromatic nitrogens is 2. The fourth-order valence-electron chi connectivity index (χ4n) is 1.15. The van der Waals surface area contributed by atoms with Crippen molar-refractivity contribution in [1.82, 2.24) is 9.78 Å². The highest BCUT2D eigenvalue weighted by Crippen LogP contribution is 2.34. The molecule has 0 aliphatic heterocycles. The molecule has 4 nitrogen and oxygen atoms in total. The van der Waals surface area contributed by atoms with Gasteiger partial charge in [0.05, 0.1) is 11.6 Å². The van der Waals surface area contributed by atoms with E-state index in [2.05, 4.69) is 5.10 Å². The van der Waals surface area contributed by atoms with Crippen LogP contribution in [0.15, 0.2) is 0 Å². The van der Waals surface area contributed by atoms with Crippen LogP contribution in [0.3, 0.4) is 0 Å². The van der Waals surface area contributed by atoms with E-state index in [1.165, 1.54) is 14.0 Å². The van der Waals surface area contributed by atoms with Crippen molar-refractivity contribution in [2.45, 2.75) is 19.1 Å². The van der Waals surface area contributed by atoms with Gasteiger partial charge in [-0.15, -0.1) is 0 Å². The molecule has 1 heterocycles. The maximum Gasteiger partial charge on any atom is 0.435 e. The lowest BCUT2D eigenvalue weighted by molar-refractivity contribution is -0.141. The number of hydrogen-bond donors (Lipinski definition) is 1. The third kappa shape index (κ3) is 2.19. The SMILES string of the molecule is CC(N)C(=O)c1c(C(F)(F)F)nn(C)c1Cl. The van der Waals surface area contributed by atoms with Crippen LogP contribution in [0.25, 0.3) is 0 Å². The lowest BCUT2D eigenvalue weighted by atomic mass is 10.1. The van der Waals surface area contributed by atoms with Gasteiger partial charge in [0.1, 0.15) is 5.15 Å². The van der Waals surface area contributed by atoms with Crippen LogP contribution in [-0.4, -0.2) is 21.6 Å². The molecular weight excluding hydrogens is 247 g/mol. The van der Waals surface area contributed by atoms with Gasteiger partial charge in [-0.1, -0.05) is 11.6 Å². The average molecular weight is 256 g/mol. The summed E-state index contributed by atoms with van der Waals surface area (Å²) >= 11 is 5.58. The number of halogens is 4. The minimum atomic E-state index is -4.73. The zero-order valence-corrected chi connectivity index (χ0v) is 9.23. The summed E-state index contributed by atoms with van der Waals surface area (Å²) in [6.07, 6.45) is -4.73. The number of nitrogens with zero attached hydrogens (tertiary/aromatic N) is 2. The molecule has 0 aliphatic rings. The Bertz CT molecular complexity index is 425. The van der Waals surface area contributed by atoms with Crippen LogP contribution in [0.1, 0.15) is 23.0 Å². The van der Waals surface area contributed by atoms with Crippen LogP contribution in [0, 0.1) is 0 Å². The number of aryl methyl sites for hydroxylation is 1. The number of Topliss-reactive ketones (excluding diaryl/α,β-unsaturated/α-hetero) is 1. The molecule has 0 saturated carbocycles. The van der Waals surface area contributed by atoms with Crippen LogP contribution in [0.4, 0.5) is 13.2 Å². The Hall–Kier alpha value is -1.08. The smallest absolute Gasteiger partial charge is 0.321 e. The molecule has 1 atom stereocenters. The molecular formula is C8H9ClF3N3O. The normalized spacial score (nSPS) is 13.9. The predicted octanol–water partition coefficient (Wildman–Crippen LogP) is 1.62. The third-order valence-electron chi connectivity index (χ3n) is 1.91. The second-order valence-electron chi connectivity index (χ2n) is 3.29. The molecule has 90 valence electrons. The summed E-state index contributed by atoms with van der Waals surface area (Å²) in [7, 11) is 1.22. The van der Waals surface area contributed by atoms with E-state index in [0.29, 0.717) is 0 Å². The first kappa shape index (κ1) is 13.0. The number of nitrogens with two attached hydrogens (primary N) is 1. The van der Waals surface area contributed by atoms with Gasteiger partial charge in [0.15, 0.2) is 11.5 Å². The van der Waals surface area contributed by atoms with E-state index < -0.39 is 29.3 Å². The minimum absolute atomic E-state index is 0.366. The highest BCUT2D eigenvalue weighted by atomic mass is 35.5. The second-order valence-corrected chi connectivity index (χ2v) is 3.65. The van der Waals surface area contributed by atoms with Crippen molar-refractivity contribution in [2.75, 3.05) is 0 Å². The first-order chi connectivity index (χ1) is 7.16. The molecule has 0 fully saturated rings. The minimum Gasteiger partial charge on any atom is -0.321 e. The standard InChI is InChI=1S/C8H9ClF3N3O/c1-3(13)5(16)4-6(8(10,11)12)14-15(2)7(4)9/h3H,13H2,1-2H3. The second kappa shape index (κ2) is 4.06. The van der Waals surface area contributed by atoms with E-state index in [9.17, 15) is 18.0 Å². The molecule has 0 aromatic carbocycles. The summed E-state index contributed by atoms with van der Waals surface area (Å²) in [6, 6.07) is -1.07. The molecule has 1 rings (SSSR count). The van der Waals surface area contributed by atoms with E-state index in [4.69, 9.17) is 17.3 Å². The monoisotopic (exact) mass is 255 g/mol. The summed E-state index contributed by atoms with van der Waals surface area (Å²) in [6.45, 7) is 1.28. The van der Waals surface area contributed by atoms with Gasteiger partial charge in [-0.05, 0) is 6.92 Å². The molecule has 0 radical (unpaired) electrons. The van der Waals surface area contributed by atoms with Gasteiger partial charge >= 0.3 is 6.18 Å². The Morgan fingerprint density at radius 3 is 2.44 bits per heavy atom. The van der Waals surface area contributed by atoms with Crippen molar-refractivity contribution in [3.8, 4) is 0 Å². The van der Waals surface area contributed by atoms with E-state index in [-0.39, 0.29) is 5.15 Å². The Morgan fingerprint density at radius 1 is 1.56 bits per heavy atom. The molecule has 16 heavy (non-hydrogen) atoms. The van der Waals surface area contributed by atoms with Gasteiger partial charge in [-0.3, -0.25) is 9.48 Å². The quantitative estimate of drug-likeness (QED) is 0.817. The molecule has 0 spiro atoms. The van der Waals surface area contributed by atoms with E-state index in [0.717, 1.165) is 4.68 Å². The lowest BCUT2D eigenvalue weighted by Crippen LogP contribution is -2.28. The van der Waals surface area contributed by atoms with E-state index in [1.54, 1.807) is 0 Å². The van der Waals surface area contributed by atoms with Crippen LogP contribution >= 0.6 is 11.6 Å². The largest absolute Gasteiger partial charge is 0.435 e. The Morgan fingerprint density at radius 2 is 2.06 bits per heavy atom. The van der Waals surface area contributed by atoms with E-state index >= 15 is 0 Å². The summed E-state index contributed by atoms with van der Waals surface area (Å²) in [4.78, 5) is 11.5. The highest BCUT2D eigenvalue weighted by Gasteiger charge is 2.41. The van der Waals surface area contributed by atoms with Crippen LogP contribution in [-0.2, 0) is 13.2 Å². The molecule has 2 N–H and O–H groups in total. The molecule has 1 aromatic heterocycles. The van der Waals surface area contributed by atoms with Crippen LogP contribution in [0.2, 0.25) is 5.15 Å². The number of alkyl halides is 3. The summed E-state index contributed by atoms with van der Waals surface area (Å²) in [5, 5.41) is 2.80. The number of carbonyl (C=O) groups excluding carboxylic acids is 1. The van der Waals surface area contributed by atoms with Crippen molar-refractivity contribution in [1.29, 1.82) is 0 Å². The van der Waals surface area contributed by atoms with Crippen molar-refractivity contribution in [2.24, 2.45) is 12.8 Å². The van der Waals surface area contributed by atoms with Crippen molar-refractivity contribution in [3.63, 3.8) is 0 Å². The topological polar surface area (TPSA) is 60.9 Å². The number of carbonyl (C=O) groups is 1. The van der Waals surface area contributed by atoms with Crippen LogP contribution in [0.5, 0.6) is 0 Å². The lowest BCUT2D eigenvalue weighted by Gasteiger charge is -2.07. The average Bonchev–Trinajstić information content (AvgIpc) is 2.42. The first-order valence-electron chi connectivity index (χ1n) is 4.25. The zero-order chi connectivity index (χ0) is 12.7. The Labute approximate surface area is 94.2 Å². The van der Waals surface area contributed by atoms with E-state index in [1.807, 2.05) is 0 Å². The summed E-state index contributed by atoms with van der Waals surface area (Å²) in [5.41, 5.74) is 3.27. The van der Waals surface area contributed by atoms with Gasteiger partial charge in [0, 0.05) is 7.05 Å². The number of rotatable bonds is 2. The van der Waals surface area contributed by atoms with Crippen molar-refractivity contribution >= 4 is 17.4 Å². The molecule has 0 amide bonds. The molecule has 8 heteroatoms. The van der Waals surface area contributed by atoms with Gasteiger partial charge in [-0.2, -0.15) is 18.3 Å². The van der Waals surface area contributed by atoms with Crippen molar-refractivity contribution in [3.05, 3.63) is 16.4 Å². The number of ketones is 1. The van der Waals surface area contributed by atoms with Crippen LogP contribution < -0.4 is 5.73 Å². The van der Waals surface area contributed by atoms with Gasteiger partial charge in [0.25, 0.3) is 0 Å². The molecule has 0 aliphatic carbocycles. The predicted molar refractivity (Wildman–Crippen MR) is 51.2 cm³/mol. The van der Waals surface area contributed by atoms with Gasteiger partial charge in [0.2, 0.25) is 0 Å². The zero-order valence-electron chi connectivity index (χ0n) is 8.47. The molecule has 0 bridgehead atoms. The number of hydrogen-bond acceptors (Lipinski definition) is 3. The summed E-state index contributed by atoms with van der Waals surface area (Å²) < 4.78 is 38.4. The maximum atomic E-state index is 12.5. The highest BCUT2D eigenvalue weighted by molar-refractivity contribution is 6.33. The van der Waals surface area contributed by atoms with Crippen molar-refractivity contribution < 1.29 is 18.0 Å². The van der Waals surface area contributed by atoms with Gasteiger partial charge in [-0.25, -0.2) is 0 Å². The third-order valence-corrected chi connectivity index (χ3v) is 2.34. The van der Waals surface area contributed by atoms with Gasteiger partial charge < -0.3 is 5.73 Å². The Kier molecular flexibility index (Phi) is 3.30. The maximum absolute atomic E-state index is 12.5. The fraction of sp³-hybridized carbons (Fsp3) is 0.500. The summed E-state index contributed by atoms with van der Waals surface area (Å²) in [5.74, 6) is -0.884. The first-order valence-corrected chi connectivity index (χ1v) is 4.63. The molecule has 0 saturated heterocycles.